The van der Waals surface area contributed by atoms with Crippen molar-refractivity contribution in [3.63, 3.8) is 0 Å². The van der Waals surface area contributed by atoms with Gasteiger partial charge in [0.15, 0.2) is 0 Å². The lowest BCUT2D eigenvalue weighted by Gasteiger charge is -2.34. The molecule has 3 nitrogen and oxygen atoms in total. The van der Waals surface area contributed by atoms with E-state index in [1.165, 1.54) is 4.90 Å². The molecule has 1 aliphatic rings. The largest absolute Gasteiger partial charge is 0.405 e. The van der Waals surface area contributed by atoms with Crippen LogP contribution in [0.2, 0.25) is 0 Å². The SMILES string of the molecule is CCC(N)C(N1CCC(N(CC)CC)C1)C(F)(F)F. The number of hydrogen-bond acceptors (Lipinski definition) is 3. The van der Waals surface area contributed by atoms with Gasteiger partial charge in [-0.25, -0.2) is 0 Å². The Balaban J connectivity index is 2.73. The quantitative estimate of drug-likeness (QED) is 0.809. The van der Waals surface area contributed by atoms with E-state index in [1.54, 1.807) is 6.92 Å². The van der Waals surface area contributed by atoms with Crippen molar-refractivity contribution in [2.24, 2.45) is 5.73 Å². The van der Waals surface area contributed by atoms with Crippen molar-refractivity contribution in [2.45, 2.75) is 57.9 Å². The normalized spacial score (nSPS) is 24.9. The molecule has 1 saturated heterocycles. The van der Waals surface area contributed by atoms with Gasteiger partial charge < -0.3 is 5.73 Å². The molecule has 114 valence electrons. The molecule has 0 amide bonds. The standard InChI is InChI=1S/C13H26F3N3/c1-4-11(17)12(13(14,15)16)19-8-7-10(9-19)18(5-2)6-3/h10-12H,4-9,17H2,1-3H3. The van der Waals surface area contributed by atoms with Gasteiger partial charge in [0, 0.05) is 25.2 Å². The first-order chi connectivity index (χ1) is 8.85. The molecule has 0 radical (unpaired) electrons. The molecule has 0 aromatic heterocycles. The average molecular weight is 281 g/mol. The van der Waals surface area contributed by atoms with Crippen LogP contribution in [0.4, 0.5) is 13.2 Å². The van der Waals surface area contributed by atoms with Crippen LogP contribution in [0.1, 0.15) is 33.6 Å². The lowest BCUT2D eigenvalue weighted by Crippen LogP contribution is -2.55. The molecule has 19 heavy (non-hydrogen) atoms. The summed E-state index contributed by atoms with van der Waals surface area (Å²) >= 11 is 0. The molecule has 1 fully saturated rings. The van der Waals surface area contributed by atoms with Gasteiger partial charge in [0.2, 0.25) is 0 Å². The zero-order valence-electron chi connectivity index (χ0n) is 12.1. The Kier molecular flexibility index (Phi) is 6.08. The minimum absolute atomic E-state index is 0.226. The van der Waals surface area contributed by atoms with Crippen LogP contribution in [0.3, 0.4) is 0 Å². The van der Waals surface area contributed by atoms with Gasteiger partial charge in [0.05, 0.1) is 0 Å². The molecule has 6 heteroatoms. The first-order valence-electron chi connectivity index (χ1n) is 7.15. The maximum Gasteiger partial charge on any atom is 0.405 e. The Labute approximate surface area is 113 Å². The summed E-state index contributed by atoms with van der Waals surface area (Å²) in [5.41, 5.74) is 5.69. The predicted octanol–water partition coefficient (Wildman–Crippen LogP) is 2.07. The van der Waals surface area contributed by atoms with Crippen LogP contribution in [0.5, 0.6) is 0 Å². The van der Waals surface area contributed by atoms with E-state index < -0.39 is 18.3 Å². The van der Waals surface area contributed by atoms with Gasteiger partial charge in [-0.05, 0) is 25.9 Å². The fraction of sp³-hybridized carbons (Fsp3) is 1.00. The Morgan fingerprint density at radius 3 is 2.26 bits per heavy atom. The summed E-state index contributed by atoms with van der Waals surface area (Å²) in [6, 6.07) is -2.11. The summed E-state index contributed by atoms with van der Waals surface area (Å²) in [5, 5.41) is 0. The van der Waals surface area contributed by atoms with Gasteiger partial charge in [-0.3, -0.25) is 9.80 Å². The van der Waals surface area contributed by atoms with Crippen LogP contribution in [-0.2, 0) is 0 Å². The number of hydrogen-bond donors (Lipinski definition) is 1. The van der Waals surface area contributed by atoms with Gasteiger partial charge >= 0.3 is 6.18 Å². The number of likely N-dealkylation sites (tertiary alicyclic amines) is 1. The average Bonchev–Trinajstić information content (AvgIpc) is 2.78. The summed E-state index contributed by atoms with van der Waals surface area (Å²) < 4.78 is 39.5. The van der Waals surface area contributed by atoms with E-state index in [1.807, 2.05) is 13.8 Å². The van der Waals surface area contributed by atoms with E-state index in [0.717, 1.165) is 19.5 Å². The first kappa shape index (κ1) is 16.7. The minimum atomic E-state index is -4.24. The summed E-state index contributed by atoms with van der Waals surface area (Å²) in [6.45, 7) is 8.52. The topological polar surface area (TPSA) is 32.5 Å². The highest BCUT2D eigenvalue weighted by atomic mass is 19.4. The number of rotatable bonds is 6. The molecule has 2 N–H and O–H groups in total. The summed E-state index contributed by atoms with van der Waals surface area (Å²) in [6.07, 6.45) is -3.10. The van der Waals surface area contributed by atoms with Crippen LogP contribution in [0.15, 0.2) is 0 Å². The Morgan fingerprint density at radius 2 is 1.84 bits per heavy atom. The van der Waals surface area contributed by atoms with Gasteiger partial charge in [-0.2, -0.15) is 13.2 Å². The molecule has 1 aliphatic heterocycles. The van der Waals surface area contributed by atoms with E-state index in [0.29, 0.717) is 19.5 Å². The molecule has 0 saturated carbocycles. The summed E-state index contributed by atoms with van der Waals surface area (Å²) in [7, 11) is 0. The molecule has 0 spiro atoms. The number of alkyl halides is 3. The lowest BCUT2D eigenvalue weighted by atomic mass is 10.0. The number of likely N-dealkylation sites (N-methyl/N-ethyl adjacent to an activating group) is 1. The zero-order chi connectivity index (χ0) is 14.6. The molecule has 1 rings (SSSR count). The molecule has 0 aromatic carbocycles. The number of nitrogens with two attached hydrogens (primary N) is 1. The maximum absolute atomic E-state index is 13.2. The monoisotopic (exact) mass is 281 g/mol. The van der Waals surface area contributed by atoms with Crippen LogP contribution in [-0.4, -0.2) is 60.3 Å². The highest BCUT2D eigenvalue weighted by Crippen LogP contribution is 2.31. The molecule has 3 unspecified atom stereocenters. The van der Waals surface area contributed by atoms with Crippen molar-refractivity contribution < 1.29 is 13.2 Å². The van der Waals surface area contributed by atoms with Crippen molar-refractivity contribution in [1.82, 2.24) is 9.80 Å². The Morgan fingerprint density at radius 1 is 1.26 bits per heavy atom. The van der Waals surface area contributed by atoms with Crippen molar-refractivity contribution >= 4 is 0 Å². The second-order valence-corrected chi connectivity index (χ2v) is 5.22. The third kappa shape index (κ3) is 4.07. The van der Waals surface area contributed by atoms with Gasteiger partial charge in [-0.15, -0.1) is 0 Å². The van der Waals surface area contributed by atoms with E-state index in [4.69, 9.17) is 5.73 Å². The van der Waals surface area contributed by atoms with Crippen LogP contribution >= 0.6 is 0 Å². The summed E-state index contributed by atoms with van der Waals surface area (Å²) in [4.78, 5) is 3.75. The second-order valence-electron chi connectivity index (χ2n) is 5.22. The van der Waals surface area contributed by atoms with Crippen molar-refractivity contribution in [3.8, 4) is 0 Å². The number of halogens is 3. The molecule has 0 aromatic rings. The summed E-state index contributed by atoms with van der Waals surface area (Å²) in [5.74, 6) is 0. The molecule has 1 heterocycles. The van der Waals surface area contributed by atoms with Crippen molar-refractivity contribution in [1.29, 1.82) is 0 Å². The van der Waals surface area contributed by atoms with Gasteiger partial charge in [0.25, 0.3) is 0 Å². The third-order valence-electron chi connectivity index (χ3n) is 4.13. The van der Waals surface area contributed by atoms with E-state index >= 15 is 0 Å². The predicted molar refractivity (Wildman–Crippen MR) is 71.0 cm³/mol. The Hall–Kier alpha value is -0.330. The van der Waals surface area contributed by atoms with Gasteiger partial charge in [-0.1, -0.05) is 20.8 Å². The van der Waals surface area contributed by atoms with Crippen molar-refractivity contribution in [3.05, 3.63) is 0 Å². The molecular formula is C13H26F3N3. The fourth-order valence-corrected chi connectivity index (χ4v) is 3.00. The third-order valence-corrected chi connectivity index (χ3v) is 4.13. The van der Waals surface area contributed by atoms with Crippen molar-refractivity contribution in [2.75, 3.05) is 26.2 Å². The minimum Gasteiger partial charge on any atom is -0.326 e. The van der Waals surface area contributed by atoms with E-state index in [-0.39, 0.29) is 6.04 Å². The Bertz CT molecular complexity index is 266. The van der Waals surface area contributed by atoms with Gasteiger partial charge in [0.1, 0.15) is 6.04 Å². The number of nitrogens with zero attached hydrogens (tertiary/aromatic N) is 2. The maximum atomic E-state index is 13.2. The smallest absolute Gasteiger partial charge is 0.326 e. The van der Waals surface area contributed by atoms with Crippen LogP contribution in [0, 0.1) is 0 Å². The zero-order valence-corrected chi connectivity index (χ0v) is 12.1. The highest BCUT2D eigenvalue weighted by molar-refractivity contribution is 4.94. The molecule has 0 aliphatic carbocycles. The van der Waals surface area contributed by atoms with E-state index in [9.17, 15) is 13.2 Å². The highest BCUT2D eigenvalue weighted by Gasteiger charge is 2.48. The first-order valence-corrected chi connectivity index (χ1v) is 7.15. The van der Waals surface area contributed by atoms with Crippen LogP contribution < -0.4 is 5.73 Å². The molecule has 0 bridgehead atoms. The second kappa shape index (κ2) is 6.90. The van der Waals surface area contributed by atoms with Crippen LogP contribution in [0.25, 0.3) is 0 Å². The lowest BCUT2D eigenvalue weighted by molar-refractivity contribution is -0.187. The molecule has 3 atom stereocenters. The van der Waals surface area contributed by atoms with E-state index in [2.05, 4.69) is 4.90 Å². The fourth-order valence-electron chi connectivity index (χ4n) is 3.00. The molecular weight excluding hydrogens is 255 g/mol.